The fourth-order valence-corrected chi connectivity index (χ4v) is 3.19. The summed E-state index contributed by atoms with van der Waals surface area (Å²) in [5.41, 5.74) is 1.65. The van der Waals surface area contributed by atoms with Crippen molar-refractivity contribution in [3.63, 3.8) is 0 Å². The highest BCUT2D eigenvalue weighted by molar-refractivity contribution is 9.10. The number of hydrogen-bond acceptors (Lipinski definition) is 2. The van der Waals surface area contributed by atoms with Crippen LogP contribution in [0.15, 0.2) is 28.7 Å². The van der Waals surface area contributed by atoms with E-state index in [4.69, 9.17) is 0 Å². The highest BCUT2D eigenvalue weighted by Gasteiger charge is 2.52. The average Bonchev–Trinajstić information content (AvgIpc) is 2.12. The van der Waals surface area contributed by atoms with E-state index in [1.54, 1.807) is 6.92 Å². The lowest BCUT2D eigenvalue weighted by atomic mass is 9.72. The van der Waals surface area contributed by atoms with E-state index in [1.807, 2.05) is 11.0 Å². The van der Waals surface area contributed by atoms with Gasteiger partial charge < -0.3 is 9.80 Å². The fourth-order valence-electron chi connectivity index (χ4n) is 2.80. The highest BCUT2D eigenvalue weighted by Crippen LogP contribution is 2.42. The molecule has 0 atom stereocenters. The summed E-state index contributed by atoms with van der Waals surface area (Å²) in [4.78, 5) is 15.5. The summed E-state index contributed by atoms with van der Waals surface area (Å²) >= 11 is 3.49. The molecule has 2 aliphatic heterocycles. The second kappa shape index (κ2) is 3.73. The van der Waals surface area contributed by atoms with Crippen molar-refractivity contribution in [3.05, 3.63) is 28.7 Å². The van der Waals surface area contributed by atoms with Crippen molar-refractivity contribution < 1.29 is 4.79 Å². The maximum atomic E-state index is 11.2. The van der Waals surface area contributed by atoms with E-state index >= 15 is 0 Å². The molecule has 0 aliphatic carbocycles. The van der Waals surface area contributed by atoms with Gasteiger partial charge in [0, 0.05) is 48.7 Å². The molecular weight excluding hydrogens is 280 g/mol. The van der Waals surface area contributed by atoms with Crippen LogP contribution in [0.2, 0.25) is 0 Å². The smallest absolute Gasteiger partial charge is 0.219 e. The standard InChI is InChI=1S/C13H15BrN2O/c1-10(17)15-6-13(7-15)8-16(9-13)12-4-2-3-11(14)5-12/h2-5H,6-9H2,1H3. The third-order valence-electron chi connectivity index (χ3n) is 3.72. The molecule has 17 heavy (non-hydrogen) atoms. The first kappa shape index (κ1) is 11.1. The number of carbonyl (C=O) groups is 1. The van der Waals surface area contributed by atoms with E-state index < -0.39 is 0 Å². The molecule has 1 amide bonds. The maximum Gasteiger partial charge on any atom is 0.219 e. The van der Waals surface area contributed by atoms with Gasteiger partial charge in [-0.05, 0) is 18.2 Å². The van der Waals surface area contributed by atoms with Crippen LogP contribution in [0.5, 0.6) is 0 Å². The molecule has 3 nitrogen and oxygen atoms in total. The Morgan fingerprint density at radius 1 is 1.29 bits per heavy atom. The Hall–Kier alpha value is -1.03. The molecule has 1 aromatic carbocycles. The predicted molar refractivity (Wildman–Crippen MR) is 71.0 cm³/mol. The minimum absolute atomic E-state index is 0.205. The Balaban J connectivity index is 1.61. The van der Waals surface area contributed by atoms with Crippen LogP contribution < -0.4 is 4.90 Å². The Bertz CT molecular complexity index is 460. The van der Waals surface area contributed by atoms with Gasteiger partial charge in [0.15, 0.2) is 0 Å². The number of anilines is 1. The van der Waals surface area contributed by atoms with Gasteiger partial charge >= 0.3 is 0 Å². The topological polar surface area (TPSA) is 23.6 Å². The molecule has 3 rings (SSSR count). The van der Waals surface area contributed by atoms with Crippen LogP contribution in [0, 0.1) is 5.41 Å². The lowest BCUT2D eigenvalue weighted by Crippen LogP contribution is -2.72. The molecule has 1 spiro atoms. The van der Waals surface area contributed by atoms with Gasteiger partial charge in [0.1, 0.15) is 0 Å². The van der Waals surface area contributed by atoms with Gasteiger partial charge in [0.05, 0.1) is 0 Å². The van der Waals surface area contributed by atoms with Crippen LogP contribution in [-0.2, 0) is 4.79 Å². The number of nitrogens with zero attached hydrogens (tertiary/aromatic N) is 2. The number of carbonyl (C=O) groups excluding carboxylic acids is 1. The van der Waals surface area contributed by atoms with E-state index in [0.717, 1.165) is 30.7 Å². The zero-order valence-electron chi connectivity index (χ0n) is 9.82. The Morgan fingerprint density at radius 2 is 2.00 bits per heavy atom. The van der Waals surface area contributed by atoms with Gasteiger partial charge in [-0.2, -0.15) is 0 Å². The van der Waals surface area contributed by atoms with Gasteiger partial charge in [-0.3, -0.25) is 4.79 Å². The summed E-state index contributed by atoms with van der Waals surface area (Å²) in [5.74, 6) is 0.205. The van der Waals surface area contributed by atoms with Crippen LogP contribution in [0.1, 0.15) is 6.92 Å². The Kier molecular flexibility index (Phi) is 2.43. The summed E-state index contributed by atoms with van der Waals surface area (Å²) < 4.78 is 1.12. The molecule has 2 heterocycles. The fraction of sp³-hybridized carbons (Fsp3) is 0.462. The van der Waals surface area contributed by atoms with E-state index in [2.05, 4.69) is 39.0 Å². The van der Waals surface area contributed by atoms with Crippen LogP contribution in [0.25, 0.3) is 0 Å². The van der Waals surface area contributed by atoms with Crippen LogP contribution in [0.3, 0.4) is 0 Å². The molecule has 0 N–H and O–H groups in total. The monoisotopic (exact) mass is 294 g/mol. The summed E-state index contributed by atoms with van der Waals surface area (Å²) in [6.45, 7) is 5.68. The lowest BCUT2D eigenvalue weighted by molar-refractivity contribution is -0.142. The van der Waals surface area contributed by atoms with Crippen molar-refractivity contribution >= 4 is 27.5 Å². The summed E-state index contributed by atoms with van der Waals surface area (Å²) in [6.07, 6.45) is 0. The largest absolute Gasteiger partial charge is 0.370 e. The van der Waals surface area contributed by atoms with Crippen molar-refractivity contribution in [1.29, 1.82) is 0 Å². The second-order valence-electron chi connectivity index (χ2n) is 5.21. The normalized spacial score (nSPS) is 21.1. The second-order valence-corrected chi connectivity index (χ2v) is 6.13. The summed E-state index contributed by atoms with van der Waals surface area (Å²) in [7, 11) is 0. The van der Waals surface area contributed by atoms with Gasteiger partial charge in [-0.15, -0.1) is 0 Å². The molecular formula is C13H15BrN2O. The predicted octanol–water partition coefficient (Wildman–Crippen LogP) is 2.12. The van der Waals surface area contributed by atoms with Crippen molar-refractivity contribution in [2.45, 2.75) is 6.92 Å². The molecule has 0 saturated carbocycles. The molecule has 1 aromatic rings. The molecule has 4 heteroatoms. The average molecular weight is 295 g/mol. The number of amides is 1. The number of halogens is 1. The SMILES string of the molecule is CC(=O)N1CC2(C1)CN(c1cccc(Br)c1)C2. The molecule has 0 unspecified atom stereocenters. The first-order valence-corrected chi connectivity index (χ1v) is 6.63. The molecule has 2 fully saturated rings. The number of hydrogen-bond donors (Lipinski definition) is 0. The van der Waals surface area contributed by atoms with Crippen molar-refractivity contribution in [2.24, 2.45) is 5.41 Å². The molecule has 0 bridgehead atoms. The van der Waals surface area contributed by atoms with Crippen LogP contribution in [-0.4, -0.2) is 37.0 Å². The van der Waals surface area contributed by atoms with Gasteiger partial charge in [-0.25, -0.2) is 0 Å². The van der Waals surface area contributed by atoms with E-state index in [0.29, 0.717) is 5.41 Å². The van der Waals surface area contributed by atoms with Crippen molar-refractivity contribution in [3.8, 4) is 0 Å². The van der Waals surface area contributed by atoms with E-state index in [9.17, 15) is 4.79 Å². The first-order valence-electron chi connectivity index (χ1n) is 5.84. The highest BCUT2D eigenvalue weighted by atomic mass is 79.9. The number of rotatable bonds is 1. The molecule has 0 aromatic heterocycles. The maximum absolute atomic E-state index is 11.2. The van der Waals surface area contributed by atoms with E-state index in [-0.39, 0.29) is 5.91 Å². The minimum atomic E-state index is 0.205. The van der Waals surface area contributed by atoms with Crippen LogP contribution >= 0.6 is 15.9 Å². The zero-order valence-corrected chi connectivity index (χ0v) is 11.4. The van der Waals surface area contributed by atoms with Gasteiger partial charge in [-0.1, -0.05) is 22.0 Å². The third-order valence-corrected chi connectivity index (χ3v) is 4.22. The zero-order chi connectivity index (χ0) is 12.0. The molecule has 90 valence electrons. The Morgan fingerprint density at radius 3 is 2.59 bits per heavy atom. The number of likely N-dealkylation sites (tertiary alicyclic amines) is 1. The molecule has 2 aliphatic rings. The molecule has 2 saturated heterocycles. The summed E-state index contributed by atoms with van der Waals surface area (Å²) in [5, 5.41) is 0. The first-order chi connectivity index (χ1) is 8.08. The quantitative estimate of drug-likeness (QED) is 0.792. The van der Waals surface area contributed by atoms with Crippen molar-refractivity contribution in [1.82, 2.24) is 4.90 Å². The lowest BCUT2D eigenvalue weighted by Gasteiger charge is -2.60. The van der Waals surface area contributed by atoms with Crippen molar-refractivity contribution in [2.75, 3.05) is 31.1 Å². The van der Waals surface area contributed by atoms with Gasteiger partial charge in [0.2, 0.25) is 5.91 Å². The number of benzene rings is 1. The molecule has 0 radical (unpaired) electrons. The Labute approximate surface area is 110 Å². The van der Waals surface area contributed by atoms with Gasteiger partial charge in [0.25, 0.3) is 0 Å². The van der Waals surface area contributed by atoms with E-state index in [1.165, 1.54) is 5.69 Å². The summed E-state index contributed by atoms with van der Waals surface area (Å²) in [6, 6.07) is 8.39. The van der Waals surface area contributed by atoms with Crippen LogP contribution in [0.4, 0.5) is 5.69 Å². The third kappa shape index (κ3) is 1.84. The minimum Gasteiger partial charge on any atom is -0.370 e.